The van der Waals surface area contributed by atoms with Crippen molar-refractivity contribution in [3.8, 4) is 0 Å². The molecule has 0 saturated carbocycles. The van der Waals surface area contributed by atoms with Crippen LogP contribution in [0.4, 0.5) is 5.69 Å². The number of carbonyl (C=O) groups excluding carboxylic acids is 2. The average molecular weight is 355 g/mol. The number of nitrogens with one attached hydrogen (secondary N) is 2. The van der Waals surface area contributed by atoms with E-state index >= 15 is 0 Å². The normalized spacial score (nSPS) is 11.9. The van der Waals surface area contributed by atoms with Crippen molar-refractivity contribution in [3.63, 3.8) is 0 Å². The molecule has 0 spiro atoms. The monoisotopic (exact) mass is 354 g/mol. The number of anilines is 1. The molecule has 1 atom stereocenters. The molecule has 0 aliphatic heterocycles. The van der Waals surface area contributed by atoms with E-state index in [0.29, 0.717) is 18.5 Å². The number of halogens is 1. The Kier molecular flexibility index (Phi) is 7.71. The second-order valence-corrected chi connectivity index (χ2v) is 6.55. The van der Waals surface area contributed by atoms with Gasteiger partial charge in [-0.15, -0.1) is 0 Å². The molecule has 0 aromatic heterocycles. The van der Waals surface area contributed by atoms with Gasteiger partial charge in [0.15, 0.2) is 0 Å². The van der Waals surface area contributed by atoms with Gasteiger partial charge in [-0.2, -0.15) is 0 Å². The molecule has 0 fully saturated rings. The number of carboxylic acids is 1. The molecule has 0 radical (unpaired) electrons. The summed E-state index contributed by atoms with van der Waals surface area (Å²) in [6.07, 6.45) is 0.681. The minimum Gasteiger partial charge on any atom is -0.481 e. The third-order valence-electron chi connectivity index (χ3n) is 3.26. The fraction of sp³-hybridized carbons (Fsp3) is 0.471. The van der Waals surface area contributed by atoms with Crippen molar-refractivity contribution in [2.75, 3.05) is 5.32 Å². The number of hydrogen-bond acceptors (Lipinski definition) is 3. The molecule has 24 heavy (non-hydrogen) atoms. The van der Waals surface area contributed by atoms with Gasteiger partial charge < -0.3 is 15.7 Å². The molecule has 1 rings (SSSR count). The number of benzene rings is 1. The van der Waals surface area contributed by atoms with E-state index in [1.807, 2.05) is 13.8 Å². The van der Waals surface area contributed by atoms with Gasteiger partial charge in [-0.3, -0.25) is 14.4 Å². The van der Waals surface area contributed by atoms with Crippen LogP contribution in [0, 0.1) is 5.92 Å². The van der Waals surface area contributed by atoms with Crippen molar-refractivity contribution in [2.45, 2.75) is 46.1 Å². The van der Waals surface area contributed by atoms with E-state index in [4.69, 9.17) is 16.7 Å². The molecule has 0 saturated heterocycles. The van der Waals surface area contributed by atoms with E-state index in [-0.39, 0.29) is 34.9 Å². The summed E-state index contributed by atoms with van der Waals surface area (Å²) in [7, 11) is 0. The van der Waals surface area contributed by atoms with Crippen molar-refractivity contribution in [2.24, 2.45) is 5.92 Å². The lowest BCUT2D eigenvalue weighted by molar-refractivity contribution is -0.137. The minimum absolute atomic E-state index is 0.0273. The van der Waals surface area contributed by atoms with Gasteiger partial charge in [0.25, 0.3) is 5.91 Å². The van der Waals surface area contributed by atoms with Crippen LogP contribution in [-0.4, -0.2) is 28.9 Å². The zero-order chi connectivity index (χ0) is 18.3. The summed E-state index contributed by atoms with van der Waals surface area (Å²) in [5, 5.41) is 14.4. The summed E-state index contributed by atoms with van der Waals surface area (Å²) in [6.45, 7) is 5.61. The molecule has 132 valence electrons. The van der Waals surface area contributed by atoms with Gasteiger partial charge in [0.05, 0.1) is 10.6 Å². The van der Waals surface area contributed by atoms with Crippen LogP contribution in [0.2, 0.25) is 5.02 Å². The smallest absolute Gasteiger partial charge is 0.303 e. The number of amides is 2. The number of hydrogen-bond donors (Lipinski definition) is 3. The minimum atomic E-state index is -0.913. The first-order valence-corrected chi connectivity index (χ1v) is 8.19. The lowest BCUT2D eigenvalue weighted by Gasteiger charge is -2.14. The molecule has 0 aliphatic carbocycles. The summed E-state index contributed by atoms with van der Waals surface area (Å²) in [6, 6.07) is 4.39. The molecule has 3 N–H and O–H groups in total. The van der Waals surface area contributed by atoms with Crippen LogP contribution in [0.25, 0.3) is 0 Å². The summed E-state index contributed by atoms with van der Waals surface area (Å²) in [5.41, 5.74) is 0.731. The van der Waals surface area contributed by atoms with Crippen LogP contribution in [0.15, 0.2) is 18.2 Å². The second-order valence-electron chi connectivity index (χ2n) is 6.15. The molecular formula is C17H23ClN2O4. The highest BCUT2D eigenvalue weighted by Gasteiger charge is 2.15. The first kappa shape index (κ1) is 20.0. The predicted octanol–water partition coefficient (Wildman–Crippen LogP) is 3.31. The highest BCUT2D eigenvalue weighted by molar-refractivity contribution is 6.34. The molecule has 7 heteroatoms. The number of carbonyl (C=O) groups is 3. The Morgan fingerprint density at radius 3 is 2.46 bits per heavy atom. The Labute approximate surface area is 146 Å². The maximum Gasteiger partial charge on any atom is 0.303 e. The zero-order valence-electron chi connectivity index (χ0n) is 14.1. The van der Waals surface area contributed by atoms with Gasteiger partial charge in [0.1, 0.15) is 0 Å². The Morgan fingerprint density at radius 2 is 1.88 bits per heavy atom. The quantitative estimate of drug-likeness (QED) is 0.667. The molecule has 0 aliphatic rings. The fourth-order valence-electron chi connectivity index (χ4n) is 2.07. The standard InChI is InChI=1S/C17H23ClN2O4/c1-10(2)8-15(21)20-12-5-6-14(18)13(9-12)17(24)19-11(3)4-7-16(22)23/h5-6,9-11H,4,7-8H2,1-3H3,(H,19,24)(H,20,21)(H,22,23). The van der Waals surface area contributed by atoms with E-state index in [2.05, 4.69) is 10.6 Å². The van der Waals surface area contributed by atoms with E-state index < -0.39 is 11.9 Å². The molecule has 1 aromatic rings. The third kappa shape index (κ3) is 7.00. The Morgan fingerprint density at radius 1 is 1.21 bits per heavy atom. The van der Waals surface area contributed by atoms with E-state index in [9.17, 15) is 14.4 Å². The van der Waals surface area contributed by atoms with Crippen LogP contribution in [-0.2, 0) is 9.59 Å². The van der Waals surface area contributed by atoms with E-state index in [0.717, 1.165) is 0 Å². The van der Waals surface area contributed by atoms with E-state index in [1.54, 1.807) is 19.1 Å². The van der Waals surface area contributed by atoms with Crippen LogP contribution in [0.1, 0.15) is 50.4 Å². The first-order valence-electron chi connectivity index (χ1n) is 7.81. The molecule has 1 unspecified atom stereocenters. The van der Waals surface area contributed by atoms with Crippen molar-refractivity contribution < 1.29 is 19.5 Å². The maximum atomic E-state index is 12.3. The molecular weight excluding hydrogens is 332 g/mol. The molecule has 6 nitrogen and oxygen atoms in total. The Bertz CT molecular complexity index is 617. The van der Waals surface area contributed by atoms with Gasteiger partial charge >= 0.3 is 5.97 Å². The third-order valence-corrected chi connectivity index (χ3v) is 3.59. The van der Waals surface area contributed by atoms with Gasteiger partial charge in [-0.1, -0.05) is 25.4 Å². The lowest BCUT2D eigenvalue weighted by atomic mass is 10.1. The number of carboxylic acid groups (broad SMARTS) is 1. The van der Waals surface area contributed by atoms with Crippen LogP contribution >= 0.6 is 11.6 Å². The van der Waals surface area contributed by atoms with E-state index in [1.165, 1.54) is 6.07 Å². The highest BCUT2D eigenvalue weighted by atomic mass is 35.5. The van der Waals surface area contributed by atoms with Gasteiger partial charge in [-0.25, -0.2) is 0 Å². The molecule has 2 amide bonds. The largest absolute Gasteiger partial charge is 0.481 e. The van der Waals surface area contributed by atoms with Gasteiger partial charge in [-0.05, 0) is 37.5 Å². The van der Waals surface area contributed by atoms with Crippen LogP contribution < -0.4 is 10.6 Å². The lowest BCUT2D eigenvalue weighted by Crippen LogP contribution is -2.33. The van der Waals surface area contributed by atoms with Crippen molar-refractivity contribution in [3.05, 3.63) is 28.8 Å². The van der Waals surface area contributed by atoms with Crippen molar-refractivity contribution in [1.82, 2.24) is 5.32 Å². The summed E-state index contributed by atoms with van der Waals surface area (Å²) in [5.74, 6) is -1.22. The van der Waals surface area contributed by atoms with Gasteiger partial charge in [0.2, 0.25) is 5.91 Å². The average Bonchev–Trinajstić information content (AvgIpc) is 2.46. The number of aliphatic carboxylic acids is 1. The zero-order valence-corrected chi connectivity index (χ0v) is 14.8. The topological polar surface area (TPSA) is 95.5 Å². The SMILES string of the molecule is CC(C)CC(=O)Nc1ccc(Cl)c(C(=O)NC(C)CCC(=O)O)c1. The Balaban J connectivity index is 2.76. The molecule has 0 bridgehead atoms. The molecule has 0 heterocycles. The summed E-state index contributed by atoms with van der Waals surface area (Å²) >= 11 is 6.06. The fourth-order valence-corrected chi connectivity index (χ4v) is 2.28. The van der Waals surface area contributed by atoms with Crippen molar-refractivity contribution >= 4 is 35.1 Å². The maximum absolute atomic E-state index is 12.3. The van der Waals surface area contributed by atoms with Crippen molar-refractivity contribution in [1.29, 1.82) is 0 Å². The predicted molar refractivity (Wildman–Crippen MR) is 93.3 cm³/mol. The van der Waals surface area contributed by atoms with Gasteiger partial charge in [0, 0.05) is 24.6 Å². The molecule has 1 aromatic carbocycles. The second kappa shape index (κ2) is 9.27. The van der Waals surface area contributed by atoms with Crippen LogP contribution in [0.5, 0.6) is 0 Å². The first-order chi connectivity index (χ1) is 11.2. The summed E-state index contributed by atoms with van der Waals surface area (Å²) < 4.78 is 0. The summed E-state index contributed by atoms with van der Waals surface area (Å²) in [4.78, 5) is 34.7. The van der Waals surface area contributed by atoms with Crippen LogP contribution in [0.3, 0.4) is 0 Å². The Hall–Kier alpha value is -2.08. The highest BCUT2D eigenvalue weighted by Crippen LogP contribution is 2.21. The number of rotatable bonds is 8.